The van der Waals surface area contributed by atoms with Crippen molar-refractivity contribution in [1.82, 2.24) is 5.32 Å². The summed E-state index contributed by atoms with van der Waals surface area (Å²) < 4.78 is 0. The molecule has 1 nitrogen and oxygen atoms in total. The summed E-state index contributed by atoms with van der Waals surface area (Å²) in [6.45, 7) is 12.7. The van der Waals surface area contributed by atoms with Crippen LogP contribution < -0.4 is 5.32 Å². The number of hydrogen-bond donors (Lipinski definition) is 1. The Balaban J connectivity index is 2.02. The summed E-state index contributed by atoms with van der Waals surface area (Å²) in [5, 5.41) is 3.75. The molecule has 1 aromatic rings. The van der Waals surface area contributed by atoms with Gasteiger partial charge in [-0.2, -0.15) is 0 Å². The number of hydrogen-bond acceptors (Lipinski definition) is 2. The standard InChI is InChI=1S/C18H31NS/c1-6-19-17(16-12-7-13(2)20-16)14-8-10-15(11-9-14)18(3,4)5/h7,12,14-15,17,19H,6,8-11H2,1-5H3. The van der Waals surface area contributed by atoms with E-state index in [1.54, 1.807) is 4.88 Å². The maximum Gasteiger partial charge on any atom is 0.0443 e. The van der Waals surface area contributed by atoms with Gasteiger partial charge in [-0.3, -0.25) is 0 Å². The largest absolute Gasteiger partial charge is 0.309 e. The predicted octanol–water partition coefficient (Wildman–Crippen LogP) is 5.56. The summed E-state index contributed by atoms with van der Waals surface area (Å²) in [6.07, 6.45) is 5.58. The molecule has 0 bridgehead atoms. The lowest BCUT2D eigenvalue weighted by Crippen LogP contribution is -2.33. The van der Waals surface area contributed by atoms with E-state index in [1.165, 1.54) is 30.6 Å². The van der Waals surface area contributed by atoms with E-state index in [1.807, 2.05) is 11.3 Å². The minimum absolute atomic E-state index is 0.484. The highest BCUT2D eigenvalue weighted by Gasteiger charge is 2.33. The Bertz CT molecular complexity index is 407. The van der Waals surface area contributed by atoms with E-state index in [2.05, 4.69) is 52.1 Å². The van der Waals surface area contributed by atoms with Crippen LogP contribution in [-0.4, -0.2) is 6.54 Å². The third kappa shape index (κ3) is 3.85. The van der Waals surface area contributed by atoms with Crippen LogP contribution >= 0.6 is 11.3 Å². The first-order valence-corrected chi connectivity index (χ1v) is 9.03. The fraction of sp³-hybridized carbons (Fsp3) is 0.778. The van der Waals surface area contributed by atoms with Crippen molar-refractivity contribution in [3.05, 3.63) is 21.9 Å². The molecule has 1 saturated carbocycles. The van der Waals surface area contributed by atoms with Gasteiger partial charge in [-0.05, 0) is 68.5 Å². The second-order valence-electron chi connectivity index (χ2n) is 7.46. The summed E-state index contributed by atoms with van der Waals surface area (Å²) in [5.41, 5.74) is 0.484. The van der Waals surface area contributed by atoms with Gasteiger partial charge < -0.3 is 5.32 Å². The Morgan fingerprint density at radius 1 is 1.20 bits per heavy atom. The van der Waals surface area contributed by atoms with Gasteiger partial charge in [-0.25, -0.2) is 0 Å². The topological polar surface area (TPSA) is 12.0 Å². The molecule has 114 valence electrons. The van der Waals surface area contributed by atoms with Gasteiger partial charge in [0, 0.05) is 15.8 Å². The molecule has 1 unspecified atom stereocenters. The van der Waals surface area contributed by atoms with Crippen molar-refractivity contribution in [2.45, 2.75) is 66.3 Å². The van der Waals surface area contributed by atoms with Crippen LogP contribution in [0.3, 0.4) is 0 Å². The Morgan fingerprint density at radius 3 is 2.30 bits per heavy atom. The van der Waals surface area contributed by atoms with Crippen molar-refractivity contribution in [2.24, 2.45) is 17.3 Å². The zero-order valence-electron chi connectivity index (χ0n) is 13.8. The van der Waals surface area contributed by atoms with E-state index in [9.17, 15) is 0 Å². The number of nitrogens with one attached hydrogen (secondary N) is 1. The van der Waals surface area contributed by atoms with E-state index in [0.717, 1.165) is 18.4 Å². The van der Waals surface area contributed by atoms with Crippen molar-refractivity contribution in [1.29, 1.82) is 0 Å². The molecule has 0 spiro atoms. The average Bonchev–Trinajstić information content (AvgIpc) is 2.81. The second kappa shape index (κ2) is 6.62. The van der Waals surface area contributed by atoms with Crippen molar-refractivity contribution >= 4 is 11.3 Å². The molecule has 1 N–H and O–H groups in total. The average molecular weight is 294 g/mol. The second-order valence-corrected chi connectivity index (χ2v) is 8.78. The highest BCUT2D eigenvalue weighted by molar-refractivity contribution is 7.12. The van der Waals surface area contributed by atoms with E-state index < -0.39 is 0 Å². The Labute approximate surface area is 129 Å². The maximum atomic E-state index is 3.75. The molecule has 1 aliphatic rings. The molecule has 20 heavy (non-hydrogen) atoms. The summed E-state index contributed by atoms with van der Waals surface area (Å²) >= 11 is 1.97. The molecule has 1 atom stereocenters. The van der Waals surface area contributed by atoms with Crippen molar-refractivity contribution in [3.63, 3.8) is 0 Å². The Hall–Kier alpha value is -0.340. The summed E-state index contributed by atoms with van der Waals surface area (Å²) in [4.78, 5) is 2.98. The number of rotatable bonds is 4. The van der Waals surface area contributed by atoms with Crippen LogP contribution in [0, 0.1) is 24.2 Å². The highest BCUT2D eigenvalue weighted by Crippen LogP contribution is 2.44. The highest BCUT2D eigenvalue weighted by atomic mass is 32.1. The molecule has 0 amide bonds. The quantitative estimate of drug-likeness (QED) is 0.766. The third-order valence-electron chi connectivity index (χ3n) is 4.96. The molecule has 1 aromatic heterocycles. The first-order valence-electron chi connectivity index (χ1n) is 8.21. The molecule has 0 aliphatic heterocycles. The molecule has 0 radical (unpaired) electrons. The molecular formula is C18H31NS. The first-order chi connectivity index (χ1) is 9.41. The number of thiophene rings is 1. The molecule has 1 aliphatic carbocycles. The zero-order chi connectivity index (χ0) is 14.8. The Kier molecular flexibility index (Phi) is 5.30. The lowest BCUT2D eigenvalue weighted by molar-refractivity contribution is 0.133. The van der Waals surface area contributed by atoms with Gasteiger partial charge in [0.1, 0.15) is 0 Å². The van der Waals surface area contributed by atoms with Crippen LogP contribution in [0.2, 0.25) is 0 Å². The zero-order valence-corrected chi connectivity index (χ0v) is 14.6. The van der Waals surface area contributed by atoms with Crippen LogP contribution in [-0.2, 0) is 0 Å². The summed E-state index contributed by atoms with van der Waals surface area (Å²) in [5.74, 6) is 1.73. The fourth-order valence-electron chi connectivity index (χ4n) is 3.66. The van der Waals surface area contributed by atoms with Crippen LogP contribution in [0.4, 0.5) is 0 Å². The predicted molar refractivity (Wildman–Crippen MR) is 90.4 cm³/mol. The molecule has 1 heterocycles. The van der Waals surface area contributed by atoms with Crippen molar-refractivity contribution < 1.29 is 0 Å². The molecule has 2 heteroatoms. The van der Waals surface area contributed by atoms with Crippen LogP contribution in [0.25, 0.3) is 0 Å². The smallest absolute Gasteiger partial charge is 0.0443 e. The van der Waals surface area contributed by atoms with Crippen LogP contribution in [0.5, 0.6) is 0 Å². The van der Waals surface area contributed by atoms with Gasteiger partial charge in [0.2, 0.25) is 0 Å². The monoisotopic (exact) mass is 293 g/mol. The normalized spacial score (nSPS) is 25.6. The molecule has 0 saturated heterocycles. The van der Waals surface area contributed by atoms with Crippen molar-refractivity contribution in [2.75, 3.05) is 6.54 Å². The molecule has 0 aromatic carbocycles. The minimum atomic E-state index is 0.484. The van der Waals surface area contributed by atoms with Gasteiger partial charge in [-0.15, -0.1) is 11.3 Å². The van der Waals surface area contributed by atoms with E-state index >= 15 is 0 Å². The number of aryl methyl sites for hydroxylation is 1. The SMILES string of the molecule is CCNC(c1ccc(C)s1)C1CCC(C(C)(C)C)CC1. The molecular weight excluding hydrogens is 262 g/mol. The Morgan fingerprint density at radius 2 is 1.85 bits per heavy atom. The van der Waals surface area contributed by atoms with E-state index in [-0.39, 0.29) is 0 Å². The van der Waals surface area contributed by atoms with Gasteiger partial charge in [0.25, 0.3) is 0 Å². The van der Waals surface area contributed by atoms with Gasteiger partial charge in [-0.1, -0.05) is 27.7 Å². The van der Waals surface area contributed by atoms with Gasteiger partial charge >= 0.3 is 0 Å². The first kappa shape index (κ1) is 16.0. The summed E-state index contributed by atoms with van der Waals surface area (Å²) in [7, 11) is 0. The van der Waals surface area contributed by atoms with Gasteiger partial charge in [0.05, 0.1) is 0 Å². The van der Waals surface area contributed by atoms with Crippen LogP contribution in [0.15, 0.2) is 12.1 Å². The minimum Gasteiger partial charge on any atom is -0.309 e. The van der Waals surface area contributed by atoms with E-state index in [0.29, 0.717) is 11.5 Å². The molecule has 1 fully saturated rings. The van der Waals surface area contributed by atoms with Crippen LogP contribution in [0.1, 0.15) is 69.2 Å². The van der Waals surface area contributed by atoms with Gasteiger partial charge in [0.15, 0.2) is 0 Å². The summed E-state index contributed by atoms with van der Waals surface area (Å²) in [6, 6.07) is 5.19. The lowest BCUT2D eigenvalue weighted by Gasteiger charge is -2.39. The van der Waals surface area contributed by atoms with Crippen molar-refractivity contribution in [3.8, 4) is 0 Å². The molecule has 2 rings (SSSR count). The maximum absolute atomic E-state index is 3.75. The third-order valence-corrected chi connectivity index (χ3v) is 6.04. The lowest BCUT2D eigenvalue weighted by atomic mass is 9.68. The fourth-order valence-corrected chi connectivity index (χ4v) is 4.71. The van der Waals surface area contributed by atoms with E-state index in [4.69, 9.17) is 0 Å².